The third-order valence-corrected chi connectivity index (χ3v) is 3.14. The predicted molar refractivity (Wildman–Crippen MR) is 62.2 cm³/mol. The summed E-state index contributed by atoms with van der Waals surface area (Å²) in [4.78, 5) is 10.5. The molecule has 1 aliphatic rings. The van der Waals surface area contributed by atoms with E-state index in [0.717, 1.165) is 32.2 Å². The second-order valence-corrected chi connectivity index (χ2v) is 4.53. The number of aliphatic hydroxyl groups excluding tert-OH is 1. The SMILES string of the molecule is CC(=CCNCC1CCC(O)CC1)C(=O)O. The molecule has 92 valence electrons. The van der Waals surface area contributed by atoms with E-state index in [4.69, 9.17) is 5.11 Å². The van der Waals surface area contributed by atoms with E-state index in [0.29, 0.717) is 18.0 Å². The summed E-state index contributed by atoms with van der Waals surface area (Å²) in [5.41, 5.74) is 0.381. The van der Waals surface area contributed by atoms with Crippen molar-refractivity contribution in [2.24, 2.45) is 5.92 Å². The molecule has 0 unspecified atom stereocenters. The molecule has 0 amide bonds. The van der Waals surface area contributed by atoms with Crippen LogP contribution in [-0.4, -0.2) is 35.4 Å². The third kappa shape index (κ3) is 4.77. The molecule has 0 spiro atoms. The molecule has 0 bridgehead atoms. The van der Waals surface area contributed by atoms with Gasteiger partial charge in [0.2, 0.25) is 0 Å². The molecule has 4 heteroatoms. The van der Waals surface area contributed by atoms with E-state index in [2.05, 4.69) is 5.32 Å². The first-order valence-corrected chi connectivity index (χ1v) is 5.88. The first-order valence-electron chi connectivity index (χ1n) is 5.88. The van der Waals surface area contributed by atoms with Crippen LogP contribution < -0.4 is 5.32 Å². The maximum Gasteiger partial charge on any atom is 0.330 e. The zero-order chi connectivity index (χ0) is 12.0. The molecule has 0 saturated heterocycles. The number of hydrogen-bond donors (Lipinski definition) is 3. The van der Waals surface area contributed by atoms with E-state index in [1.165, 1.54) is 0 Å². The molecule has 1 rings (SSSR count). The minimum absolute atomic E-state index is 0.106. The number of carboxylic acid groups (broad SMARTS) is 1. The Labute approximate surface area is 96.4 Å². The van der Waals surface area contributed by atoms with Crippen molar-refractivity contribution in [1.29, 1.82) is 0 Å². The van der Waals surface area contributed by atoms with E-state index >= 15 is 0 Å². The molecular weight excluding hydrogens is 206 g/mol. The van der Waals surface area contributed by atoms with Crippen molar-refractivity contribution < 1.29 is 15.0 Å². The van der Waals surface area contributed by atoms with Gasteiger partial charge in [0.1, 0.15) is 0 Å². The van der Waals surface area contributed by atoms with Gasteiger partial charge in [-0.15, -0.1) is 0 Å². The topological polar surface area (TPSA) is 69.6 Å². The minimum atomic E-state index is -0.859. The number of hydrogen-bond acceptors (Lipinski definition) is 3. The molecule has 16 heavy (non-hydrogen) atoms. The molecule has 0 aromatic carbocycles. The Morgan fingerprint density at radius 3 is 2.56 bits per heavy atom. The van der Waals surface area contributed by atoms with Crippen molar-refractivity contribution in [3.63, 3.8) is 0 Å². The molecule has 0 aromatic rings. The van der Waals surface area contributed by atoms with Crippen LogP contribution in [0, 0.1) is 5.92 Å². The zero-order valence-corrected chi connectivity index (χ0v) is 9.78. The molecule has 1 saturated carbocycles. The van der Waals surface area contributed by atoms with Crippen LogP contribution in [0.4, 0.5) is 0 Å². The number of nitrogens with one attached hydrogen (secondary N) is 1. The third-order valence-electron chi connectivity index (χ3n) is 3.14. The summed E-state index contributed by atoms with van der Waals surface area (Å²) in [6.45, 7) is 3.12. The Balaban J connectivity index is 2.12. The average molecular weight is 227 g/mol. The average Bonchev–Trinajstić information content (AvgIpc) is 2.26. The molecule has 3 N–H and O–H groups in total. The van der Waals surface area contributed by atoms with Gasteiger partial charge in [-0.2, -0.15) is 0 Å². The fourth-order valence-corrected chi connectivity index (χ4v) is 1.95. The summed E-state index contributed by atoms with van der Waals surface area (Å²) < 4.78 is 0. The van der Waals surface area contributed by atoms with E-state index in [1.807, 2.05) is 0 Å². The number of aliphatic carboxylic acids is 1. The lowest BCUT2D eigenvalue weighted by atomic mass is 9.87. The van der Waals surface area contributed by atoms with Gasteiger partial charge in [0.25, 0.3) is 0 Å². The molecule has 0 atom stereocenters. The number of carboxylic acids is 1. The normalized spacial score (nSPS) is 26.8. The highest BCUT2D eigenvalue weighted by molar-refractivity contribution is 5.85. The predicted octanol–water partition coefficient (Wildman–Crippen LogP) is 1.16. The van der Waals surface area contributed by atoms with Gasteiger partial charge in [0.05, 0.1) is 6.10 Å². The summed E-state index contributed by atoms with van der Waals surface area (Å²) in [6, 6.07) is 0. The second-order valence-electron chi connectivity index (χ2n) is 4.53. The Bertz CT molecular complexity index is 255. The van der Waals surface area contributed by atoms with Gasteiger partial charge in [-0.3, -0.25) is 0 Å². The van der Waals surface area contributed by atoms with Crippen molar-refractivity contribution in [3.05, 3.63) is 11.6 Å². The Morgan fingerprint density at radius 2 is 2.00 bits per heavy atom. The highest BCUT2D eigenvalue weighted by Crippen LogP contribution is 2.23. The van der Waals surface area contributed by atoms with Crippen molar-refractivity contribution in [1.82, 2.24) is 5.32 Å². The molecule has 1 fully saturated rings. The van der Waals surface area contributed by atoms with Gasteiger partial charge >= 0.3 is 5.97 Å². The van der Waals surface area contributed by atoms with Crippen molar-refractivity contribution >= 4 is 5.97 Å². The first-order chi connectivity index (χ1) is 7.59. The monoisotopic (exact) mass is 227 g/mol. The Morgan fingerprint density at radius 1 is 1.38 bits per heavy atom. The minimum Gasteiger partial charge on any atom is -0.478 e. The van der Waals surface area contributed by atoms with Crippen LogP contribution in [0.5, 0.6) is 0 Å². The van der Waals surface area contributed by atoms with Gasteiger partial charge in [0.15, 0.2) is 0 Å². The molecule has 0 heterocycles. The van der Waals surface area contributed by atoms with Crippen LogP contribution in [0.1, 0.15) is 32.6 Å². The molecule has 4 nitrogen and oxygen atoms in total. The fourth-order valence-electron chi connectivity index (χ4n) is 1.95. The van der Waals surface area contributed by atoms with E-state index < -0.39 is 5.97 Å². The molecule has 1 aliphatic carbocycles. The lowest BCUT2D eigenvalue weighted by Crippen LogP contribution is -2.28. The zero-order valence-electron chi connectivity index (χ0n) is 9.78. The molecule has 0 radical (unpaired) electrons. The molecular formula is C12H21NO3. The van der Waals surface area contributed by atoms with Gasteiger partial charge in [-0.25, -0.2) is 4.79 Å². The summed E-state index contributed by atoms with van der Waals surface area (Å²) in [5.74, 6) is -0.232. The van der Waals surface area contributed by atoms with E-state index in [1.54, 1.807) is 13.0 Å². The summed E-state index contributed by atoms with van der Waals surface area (Å²) in [5, 5.41) is 21.2. The van der Waals surface area contributed by atoms with Crippen LogP contribution >= 0.6 is 0 Å². The highest BCUT2D eigenvalue weighted by Gasteiger charge is 2.18. The number of aliphatic hydroxyl groups is 1. The Kier molecular flexibility index (Phi) is 5.49. The van der Waals surface area contributed by atoms with Gasteiger partial charge < -0.3 is 15.5 Å². The Hall–Kier alpha value is -0.870. The quantitative estimate of drug-likeness (QED) is 0.487. The maximum atomic E-state index is 10.5. The van der Waals surface area contributed by atoms with Crippen LogP contribution in [0.2, 0.25) is 0 Å². The number of carbonyl (C=O) groups is 1. The van der Waals surface area contributed by atoms with Crippen LogP contribution in [0.25, 0.3) is 0 Å². The van der Waals surface area contributed by atoms with Crippen molar-refractivity contribution in [3.8, 4) is 0 Å². The largest absolute Gasteiger partial charge is 0.478 e. The first kappa shape index (κ1) is 13.2. The highest BCUT2D eigenvalue weighted by atomic mass is 16.4. The smallest absolute Gasteiger partial charge is 0.330 e. The lowest BCUT2D eigenvalue weighted by molar-refractivity contribution is -0.132. The van der Waals surface area contributed by atoms with E-state index in [9.17, 15) is 9.90 Å². The van der Waals surface area contributed by atoms with Crippen LogP contribution in [0.3, 0.4) is 0 Å². The van der Waals surface area contributed by atoms with Crippen LogP contribution in [0.15, 0.2) is 11.6 Å². The van der Waals surface area contributed by atoms with Gasteiger partial charge in [0, 0.05) is 12.1 Å². The summed E-state index contributed by atoms with van der Waals surface area (Å²) in [6.07, 6.45) is 5.52. The van der Waals surface area contributed by atoms with Crippen molar-refractivity contribution in [2.45, 2.75) is 38.7 Å². The summed E-state index contributed by atoms with van der Waals surface area (Å²) in [7, 11) is 0. The summed E-state index contributed by atoms with van der Waals surface area (Å²) >= 11 is 0. The van der Waals surface area contributed by atoms with E-state index in [-0.39, 0.29) is 6.10 Å². The second kappa shape index (κ2) is 6.66. The molecule has 0 aliphatic heterocycles. The fraction of sp³-hybridized carbons (Fsp3) is 0.750. The standard InChI is InChI=1S/C12H21NO3/c1-9(12(15)16)6-7-13-8-10-2-4-11(14)5-3-10/h6,10-11,13-14H,2-5,7-8H2,1H3,(H,15,16). The van der Waals surface area contributed by atoms with Crippen molar-refractivity contribution in [2.75, 3.05) is 13.1 Å². The number of rotatable bonds is 5. The maximum absolute atomic E-state index is 10.5. The molecule has 0 aromatic heterocycles. The van der Waals surface area contributed by atoms with Crippen LogP contribution in [-0.2, 0) is 4.79 Å². The van der Waals surface area contributed by atoms with Gasteiger partial charge in [-0.1, -0.05) is 6.08 Å². The lowest BCUT2D eigenvalue weighted by Gasteiger charge is -2.25. The van der Waals surface area contributed by atoms with Gasteiger partial charge in [-0.05, 0) is 45.1 Å².